The molecule has 0 amide bonds. The summed E-state index contributed by atoms with van der Waals surface area (Å²) in [6.07, 6.45) is 2.33. The molecule has 0 bridgehead atoms. The van der Waals surface area contributed by atoms with E-state index in [9.17, 15) is 4.79 Å². The summed E-state index contributed by atoms with van der Waals surface area (Å²) < 4.78 is 4.88. The molecule has 0 aromatic heterocycles. The lowest BCUT2D eigenvalue weighted by molar-refractivity contribution is -0.142. The molecule has 0 aliphatic heterocycles. The van der Waals surface area contributed by atoms with Crippen LogP contribution in [0.2, 0.25) is 0 Å². The first kappa shape index (κ1) is 16.4. The number of carbonyl (C=O) groups excluding carboxylic acids is 1. The maximum absolute atomic E-state index is 11.8. The average Bonchev–Trinajstić information content (AvgIpc) is 3.26. The van der Waals surface area contributed by atoms with E-state index in [0.29, 0.717) is 11.8 Å². The van der Waals surface area contributed by atoms with Crippen molar-refractivity contribution in [3.63, 3.8) is 0 Å². The summed E-state index contributed by atoms with van der Waals surface area (Å²) in [4.78, 5) is 13.0. The van der Waals surface area contributed by atoms with Crippen LogP contribution >= 0.6 is 11.8 Å². The molecule has 4 heteroatoms. The first-order chi connectivity index (χ1) is 9.90. The molecular formula is C17H25NO2S. The third-order valence-electron chi connectivity index (χ3n) is 3.64. The molecule has 1 aromatic rings. The topological polar surface area (TPSA) is 38.3 Å². The predicted molar refractivity (Wildman–Crippen MR) is 87.8 cm³/mol. The minimum atomic E-state index is -0.213. The highest BCUT2D eigenvalue weighted by atomic mass is 32.2. The highest BCUT2D eigenvalue weighted by Gasteiger charge is 2.28. The Bertz CT molecular complexity index is 475. The standard InChI is InChI=1S/C17H25NO2S/c1-17(2,3)12-5-9-14(10-6-12)21-11-15(16(19)20-4)18-13-7-8-13/h5-6,9-10,13,15,18H,7-8,11H2,1-4H3. The Balaban J connectivity index is 1.92. The number of carbonyl (C=O) groups is 1. The van der Waals surface area contributed by atoms with Crippen molar-refractivity contribution in [2.45, 2.75) is 56.0 Å². The number of benzene rings is 1. The minimum absolute atomic E-state index is 0.166. The highest BCUT2D eigenvalue weighted by molar-refractivity contribution is 7.99. The molecule has 1 fully saturated rings. The van der Waals surface area contributed by atoms with E-state index in [1.54, 1.807) is 11.8 Å². The van der Waals surface area contributed by atoms with Crippen molar-refractivity contribution in [2.75, 3.05) is 12.9 Å². The third-order valence-corrected chi connectivity index (χ3v) is 4.74. The van der Waals surface area contributed by atoms with Gasteiger partial charge in [-0.05, 0) is 36.0 Å². The monoisotopic (exact) mass is 307 g/mol. The predicted octanol–water partition coefficient (Wildman–Crippen LogP) is 3.37. The van der Waals surface area contributed by atoms with Gasteiger partial charge in [0.2, 0.25) is 0 Å². The van der Waals surface area contributed by atoms with E-state index in [1.807, 2.05) is 0 Å². The molecular weight excluding hydrogens is 282 g/mol. The summed E-state index contributed by atoms with van der Waals surface area (Å²) in [6.45, 7) is 6.63. The summed E-state index contributed by atoms with van der Waals surface area (Å²) in [5.74, 6) is 0.540. The highest BCUT2D eigenvalue weighted by Crippen LogP contribution is 2.27. The lowest BCUT2D eigenvalue weighted by Crippen LogP contribution is -2.40. The first-order valence-electron chi connectivity index (χ1n) is 7.47. The van der Waals surface area contributed by atoms with Crippen LogP contribution in [0.5, 0.6) is 0 Å². The van der Waals surface area contributed by atoms with Crippen LogP contribution in [0.3, 0.4) is 0 Å². The molecule has 1 aromatic carbocycles. The van der Waals surface area contributed by atoms with Gasteiger partial charge in [0.15, 0.2) is 0 Å². The number of nitrogens with one attached hydrogen (secondary N) is 1. The zero-order valence-electron chi connectivity index (χ0n) is 13.3. The number of thioether (sulfide) groups is 1. The van der Waals surface area contributed by atoms with Crippen LogP contribution in [-0.2, 0) is 14.9 Å². The van der Waals surface area contributed by atoms with Gasteiger partial charge in [0.1, 0.15) is 6.04 Å². The van der Waals surface area contributed by atoms with Crippen LogP contribution < -0.4 is 5.32 Å². The van der Waals surface area contributed by atoms with Gasteiger partial charge in [0, 0.05) is 16.7 Å². The quantitative estimate of drug-likeness (QED) is 0.646. The molecule has 0 heterocycles. The summed E-state index contributed by atoms with van der Waals surface area (Å²) in [7, 11) is 1.45. The first-order valence-corrected chi connectivity index (χ1v) is 8.46. The van der Waals surface area contributed by atoms with Gasteiger partial charge < -0.3 is 10.1 Å². The molecule has 1 aliphatic carbocycles. The number of methoxy groups -OCH3 is 1. The molecule has 1 saturated carbocycles. The lowest BCUT2D eigenvalue weighted by atomic mass is 9.87. The van der Waals surface area contributed by atoms with Gasteiger partial charge in [-0.3, -0.25) is 4.79 Å². The summed E-state index contributed by atoms with van der Waals surface area (Å²) in [6, 6.07) is 8.90. The number of hydrogen-bond donors (Lipinski definition) is 1. The van der Waals surface area contributed by atoms with Crippen molar-refractivity contribution in [3.8, 4) is 0 Å². The Morgan fingerprint density at radius 1 is 1.33 bits per heavy atom. The fourth-order valence-corrected chi connectivity index (χ4v) is 3.01. The zero-order chi connectivity index (χ0) is 15.5. The smallest absolute Gasteiger partial charge is 0.323 e. The molecule has 21 heavy (non-hydrogen) atoms. The van der Waals surface area contributed by atoms with Crippen LogP contribution in [0.15, 0.2) is 29.2 Å². The maximum Gasteiger partial charge on any atom is 0.323 e. The second kappa shape index (κ2) is 6.84. The second-order valence-corrected chi connectivity index (χ2v) is 7.70. The van der Waals surface area contributed by atoms with Crippen LogP contribution in [0.25, 0.3) is 0 Å². The van der Waals surface area contributed by atoms with Gasteiger partial charge in [0.25, 0.3) is 0 Å². The Hall–Kier alpha value is -1.00. The SMILES string of the molecule is COC(=O)C(CSc1ccc(C(C)(C)C)cc1)NC1CC1. The second-order valence-electron chi connectivity index (χ2n) is 6.60. The Kier molecular flexibility index (Phi) is 5.33. The van der Waals surface area contributed by atoms with Gasteiger partial charge in [-0.2, -0.15) is 0 Å². The summed E-state index contributed by atoms with van der Waals surface area (Å²) in [5, 5.41) is 3.35. The molecule has 2 rings (SSSR count). The summed E-state index contributed by atoms with van der Waals surface area (Å²) in [5.41, 5.74) is 1.50. The molecule has 0 saturated heterocycles. The Morgan fingerprint density at radius 3 is 2.43 bits per heavy atom. The fourth-order valence-electron chi connectivity index (χ4n) is 2.09. The van der Waals surface area contributed by atoms with E-state index < -0.39 is 0 Å². The number of ether oxygens (including phenoxy) is 1. The molecule has 1 aliphatic rings. The van der Waals surface area contributed by atoms with Crippen LogP contribution in [0.4, 0.5) is 0 Å². The van der Waals surface area contributed by atoms with Crippen LogP contribution in [-0.4, -0.2) is 30.9 Å². The van der Waals surface area contributed by atoms with Gasteiger partial charge in [-0.15, -0.1) is 11.8 Å². The van der Waals surface area contributed by atoms with Gasteiger partial charge in [-0.1, -0.05) is 32.9 Å². The number of hydrogen-bond acceptors (Lipinski definition) is 4. The van der Waals surface area contributed by atoms with Gasteiger partial charge in [-0.25, -0.2) is 0 Å². The van der Waals surface area contributed by atoms with Crippen molar-refractivity contribution in [2.24, 2.45) is 0 Å². The fraction of sp³-hybridized carbons (Fsp3) is 0.588. The molecule has 116 valence electrons. The molecule has 1 N–H and O–H groups in total. The minimum Gasteiger partial charge on any atom is -0.468 e. The van der Waals surface area contributed by atoms with Crippen LogP contribution in [0, 0.1) is 0 Å². The molecule has 1 unspecified atom stereocenters. The summed E-state index contributed by atoms with van der Waals surface area (Å²) >= 11 is 1.70. The van der Waals surface area contributed by atoms with E-state index in [0.717, 1.165) is 0 Å². The van der Waals surface area contributed by atoms with Gasteiger partial charge >= 0.3 is 5.97 Å². The van der Waals surface area contributed by atoms with E-state index in [1.165, 1.54) is 30.4 Å². The van der Waals surface area contributed by atoms with Crippen molar-refractivity contribution < 1.29 is 9.53 Å². The van der Waals surface area contributed by atoms with E-state index in [-0.39, 0.29) is 17.4 Å². The number of esters is 1. The Morgan fingerprint density at radius 2 is 1.95 bits per heavy atom. The van der Waals surface area contributed by atoms with Crippen LogP contribution in [0.1, 0.15) is 39.2 Å². The molecule has 0 radical (unpaired) electrons. The Labute approximate surface area is 131 Å². The van der Waals surface area contributed by atoms with Crippen molar-refractivity contribution in [3.05, 3.63) is 29.8 Å². The van der Waals surface area contributed by atoms with Crippen molar-refractivity contribution in [1.82, 2.24) is 5.32 Å². The van der Waals surface area contributed by atoms with Crippen molar-refractivity contribution in [1.29, 1.82) is 0 Å². The van der Waals surface area contributed by atoms with E-state index >= 15 is 0 Å². The van der Waals surface area contributed by atoms with Crippen molar-refractivity contribution >= 4 is 17.7 Å². The third kappa shape index (κ3) is 5.04. The average molecular weight is 307 g/mol. The lowest BCUT2D eigenvalue weighted by Gasteiger charge is -2.19. The molecule has 3 nitrogen and oxygen atoms in total. The zero-order valence-corrected chi connectivity index (χ0v) is 14.1. The van der Waals surface area contributed by atoms with Gasteiger partial charge in [0.05, 0.1) is 7.11 Å². The largest absolute Gasteiger partial charge is 0.468 e. The van der Waals surface area contributed by atoms with E-state index in [2.05, 4.69) is 50.4 Å². The normalized spacial score (nSPS) is 16.6. The molecule has 0 spiro atoms. The number of rotatable bonds is 6. The molecule has 1 atom stereocenters. The van der Waals surface area contributed by atoms with E-state index in [4.69, 9.17) is 4.74 Å². The maximum atomic E-state index is 11.8.